The van der Waals surface area contributed by atoms with Gasteiger partial charge in [0, 0.05) is 12.6 Å². The number of hydrogen-bond donors (Lipinski definition) is 3. The molecule has 0 aliphatic heterocycles. The molecule has 0 radical (unpaired) electrons. The molecule has 2 unspecified atom stereocenters. The van der Waals surface area contributed by atoms with Crippen LogP contribution in [0.5, 0.6) is 5.75 Å². The van der Waals surface area contributed by atoms with Gasteiger partial charge in [0.2, 0.25) is 0 Å². The Morgan fingerprint density at radius 2 is 2.04 bits per heavy atom. The van der Waals surface area contributed by atoms with E-state index in [0.29, 0.717) is 12.6 Å². The molecule has 0 spiro atoms. The van der Waals surface area contributed by atoms with Gasteiger partial charge in [-0.1, -0.05) is 38.3 Å². The molecule has 1 rings (SSSR count). The van der Waals surface area contributed by atoms with Crippen LogP contribution in [0, 0.1) is 0 Å². The topological polar surface area (TPSA) is 65.9 Å². The fourth-order valence-electron chi connectivity index (χ4n) is 2.46. The van der Waals surface area contributed by atoms with Crippen molar-refractivity contribution in [1.29, 1.82) is 0 Å². The van der Waals surface area contributed by atoms with Crippen molar-refractivity contribution in [3.05, 3.63) is 29.8 Å². The van der Waals surface area contributed by atoms with Gasteiger partial charge in [-0.3, -0.25) is 4.99 Å². The maximum absolute atomic E-state index is 10.3. The van der Waals surface area contributed by atoms with Crippen LogP contribution in [0.15, 0.2) is 29.3 Å². The highest BCUT2D eigenvalue weighted by molar-refractivity contribution is 14.0. The third-order valence-corrected chi connectivity index (χ3v) is 3.87. The molecule has 1 aromatic rings. The van der Waals surface area contributed by atoms with E-state index in [9.17, 15) is 5.11 Å². The quantitative estimate of drug-likeness (QED) is 0.213. The summed E-state index contributed by atoms with van der Waals surface area (Å²) in [6, 6.07) is 7.83. The first-order valence-electron chi connectivity index (χ1n) is 8.97. The van der Waals surface area contributed by atoms with Gasteiger partial charge in [0.25, 0.3) is 0 Å². The SMILES string of the molecule is CCCCCC(C)NC(=NCC(O)c1cccc(OC)c1)NCC.I. The van der Waals surface area contributed by atoms with E-state index < -0.39 is 6.10 Å². The van der Waals surface area contributed by atoms with Crippen molar-refractivity contribution in [3.8, 4) is 5.75 Å². The molecule has 2 atom stereocenters. The average molecular weight is 463 g/mol. The number of methoxy groups -OCH3 is 1. The molecule has 0 aromatic heterocycles. The average Bonchev–Trinajstić information content (AvgIpc) is 2.59. The predicted molar refractivity (Wildman–Crippen MR) is 116 cm³/mol. The van der Waals surface area contributed by atoms with Gasteiger partial charge < -0.3 is 20.5 Å². The summed E-state index contributed by atoms with van der Waals surface area (Å²) in [5.41, 5.74) is 0.810. The minimum atomic E-state index is -0.647. The van der Waals surface area contributed by atoms with E-state index in [-0.39, 0.29) is 24.0 Å². The van der Waals surface area contributed by atoms with E-state index in [1.807, 2.05) is 31.2 Å². The van der Waals surface area contributed by atoms with E-state index in [1.54, 1.807) is 7.11 Å². The van der Waals surface area contributed by atoms with Crippen molar-refractivity contribution >= 4 is 29.9 Å². The van der Waals surface area contributed by atoms with E-state index >= 15 is 0 Å². The molecule has 1 aromatic carbocycles. The van der Waals surface area contributed by atoms with E-state index in [0.717, 1.165) is 30.2 Å². The number of hydrogen-bond acceptors (Lipinski definition) is 3. The van der Waals surface area contributed by atoms with Gasteiger partial charge in [-0.2, -0.15) is 0 Å². The van der Waals surface area contributed by atoms with Crippen LogP contribution in [0.4, 0.5) is 0 Å². The third kappa shape index (κ3) is 9.89. The fraction of sp³-hybridized carbons (Fsp3) is 0.632. The molecule has 5 nitrogen and oxygen atoms in total. The molecule has 25 heavy (non-hydrogen) atoms. The zero-order valence-corrected chi connectivity index (χ0v) is 18.2. The lowest BCUT2D eigenvalue weighted by Crippen LogP contribution is -2.42. The monoisotopic (exact) mass is 463 g/mol. The minimum absolute atomic E-state index is 0. The van der Waals surface area contributed by atoms with E-state index in [4.69, 9.17) is 4.74 Å². The number of rotatable bonds is 10. The highest BCUT2D eigenvalue weighted by Gasteiger charge is 2.10. The summed E-state index contributed by atoms with van der Waals surface area (Å²) < 4.78 is 5.20. The summed E-state index contributed by atoms with van der Waals surface area (Å²) in [5, 5.41) is 17.0. The predicted octanol–water partition coefficient (Wildman–Crippen LogP) is 3.87. The third-order valence-electron chi connectivity index (χ3n) is 3.87. The fourth-order valence-corrected chi connectivity index (χ4v) is 2.46. The van der Waals surface area contributed by atoms with Gasteiger partial charge in [0.1, 0.15) is 5.75 Å². The standard InChI is InChI=1S/C19H33N3O2.HI/c1-5-7-8-10-15(3)22-19(20-6-2)21-14-18(23)16-11-9-12-17(13-16)24-4;/h9,11-13,15,18,23H,5-8,10,14H2,1-4H3,(H2,20,21,22);1H. The molecule has 144 valence electrons. The lowest BCUT2D eigenvalue weighted by atomic mass is 10.1. The summed E-state index contributed by atoms with van der Waals surface area (Å²) in [5.74, 6) is 1.49. The molecule has 0 fully saturated rings. The van der Waals surface area contributed by atoms with Crippen LogP contribution in [0.25, 0.3) is 0 Å². The minimum Gasteiger partial charge on any atom is -0.497 e. The van der Waals surface area contributed by atoms with E-state index in [1.165, 1.54) is 19.3 Å². The Morgan fingerprint density at radius 1 is 1.28 bits per heavy atom. The first-order chi connectivity index (χ1) is 11.6. The number of aliphatic hydroxyl groups is 1. The number of guanidine groups is 1. The number of ether oxygens (including phenoxy) is 1. The molecule has 0 bridgehead atoms. The Bertz CT molecular complexity index is 497. The molecule has 0 saturated carbocycles. The largest absolute Gasteiger partial charge is 0.497 e. The molecular formula is C19H34IN3O2. The van der Waals surface area contributed by atoms with Crippen molar-refractivity contribution < 1.29 is 9.84 Å². The molecule has 0 heterocycles. The lowest BCUT2D eigenvalue weighted by molar-refractivity contribution is 0.186. The summed E-state index contributed by atoms with van der Waals surface area (Å²) in [6.45, 7) is 7.52. The summed E-state index contributed by atoms with van der Waals surface area (Å²) in [4.78, 5) is 4.52. The molecule has 0 saturated heterocycles. The van der Waals surface area contributed by atoms with Crippen molar-refractivity contribution in [3.63, 3.8) is 0 Å². The molecule has 0 aliphatic carbocycles. The second-order valence-electron chi connectivity index (χ2n) is 6.05. The number of benzene rings is 1. The maximum atomic E-state index is 10.3. The number of aliphatic imine (C=N–C) groups is 1. The van der Waals surface area contributed by atoms with E-state index in [2.05, 4.69) is 29.5 Å². The van der Waals surface area contributed by atoms with Crippen molar-refractivity contribution in [2.24, 2.45) is 4.99 Å². The first-order valence-corrected chi connectivity index (χ1v) is 8.97. The van der Waals surface area contributed by atoms with Crippen molar-refractivity contribution in [1.82, 2.24) is 10.6 Å². The normalized spacial score (nSPS) is 13.6. The van der Waals surface area contributed by atoms with Crippen molar-refractivity contribution in [2.75, 3.05) is 20.2 Å². The zero-order chi connectivity index (χ0) is 17.8. The van der Waals surface area contributed by atoms with Gasteiger partial charge in [0.05, 0.1) is 19.8 Å². The molecule has 3 N–H and O–H groups in total. The van der Waals surface area contributed by atoms with Gasteiger partial charge in [0.15, 0.2) is 5.96 Å². The number of nitrogens with zero attached hydrogens (tertiary/aromatic N) is 1. The Hall–Kier alpha value is -1.02. The van der Waals surface area contributed by atoms with Gasteiger partial charge in [-0.15, -0.1) is 24.0 Å². The second kappa shape index (κ2) is 14.2. The number of halogens is 1. The first kappa shape index (κ1) is 24.0. The highest BCUT2D eigenvalue weighted by Crippen LogP contribution is 2.19. The lowest BCUT2D eigenvalue weighted by Gasteiger charge is -2.18. The Balaban J connectivity index is 0.00000576. The summed E-state index contributed by atoms with van der Waals surface area (Å²) >= 11 is 0. The van der Waals surface area contributed by atoms with Crippen LogP contribution in [-0.2, 0) is 0 Å². The van der Waals surface area contributed by atoms with Gasteiger partial charge in [-0.05, 0) is 38.0 Å². The molecular weight excluding hydrogens is 429 g/mol. The number of nitrogens with one attached hydrogen (secondary N) is 2. The molecule has 6 heteroatoms. The molecule has 0 amide bonds. The summed E-state index contributed by atoms with van der Waals surface area (Å²) in [6.07, 6.45) is 4.18. The second-order valence-corrected chi connectivity index (χ2v) is 6.05. The summed E-state index contributed by atoms with van der Waals surface area (Å²) in [7, 11) is 1.62. The Morgan fingerprint density at radius 3 is 2.68 bits per heavy atom. The van der Waals surface area contributed by atoms with Crippen LogP contribution < -0.4 is 15.4 Å². The van der Waals surface area contributed by atoms with Crippen LogP contribution in [0.3, 0.4) is 0 Å². The van der Waals surface area contributed by atoms with Crippen LogP contribution >= 0.6 is 24.0 Å². The maximum Gasteiger partial charge on any atom is 0.191 e. The van der Waals surface area contributed by atoms with Gasteiger partial charge in [-0.25, -0.2) is 0 Å². The highest BCUT2D eigenvalue weighted by atomic mass is 127. The molecule has 0 aliphatic rings. The van der Waals surface area contributed by atoms with Crippen molar-refractivity contribution in [2.45, 2.75) is 58.6 Å². The van der Waals surface area contributed by atoms with Crippen LogP contribution in [0.2, 0.25) is 0 Å². The van der Waals surface area contributed by atoms with Crippen LogP contribution in [-0.4, -0.2) is 37.3 Å². The number of unbranched alkanes of at least 4 members (excludes halogenated alkanes) is 2. The number of aliphatic hydroxyl groups excluding tert-OH is 1. The van der Waals surface area contributed by atoms with Crippen LogP contribution in [0.1, 0.15) is 58.1 Å². The van der Waals surface area contributed by atoms with Gasteiger partial charge >= 0.3 is 0 Å². The Labute approximate surface area is 169 Å². The zero-order valence-electron chi connectivity index (χ0n) is 15.9. The Kier molecular flexibility index (Phi) is 13.6. The smallest absolute Gasteiger partial charge is 0.191 e.